The molecule has 202 valence electrons. The van der Waals surface area contributed by atoms with Gasteiger partial charge in [0.2, 0.25) is 11.8 Å². The predicted molar refractivity (Wildman–Crippen MR) is 142 cm³/mol. The second kappa shape index (κ2) is 13.5. The van der Waals surface area contributed by atoms with Crippen LogP contribution in [0.15, 0.2) is 24.3 Å². The molecule has 1 aromatic carbocycles. The monoisotopic (exact) mass is 523 g/mol. The van der Waals surface area contributed by atoms with Gasteiger partial charge in [-0.3, -0.25) is 14.4 Å². The Labute approximate surface area is 220 Å². The van der Waals surface area contributed by atoms with Gasteiger partial charge >= 0.3 is 12.1 Å². The van der Waals surface area contributed by atoms with Crippen LogP contribution in [0.2, 0.25) is 0 Å². The summed E-state index contributed by atoms with van der Waals surface area (Å²) in [6.45, 7) is 14.5. The number of hydrogen-bond acceptors (Lipinski definition) is 7. The molecule has 9 nitrogen and oxygen atoms in total. The number of esters is 1. The van der Waals surface area contributed by atoms with Crippen LogP contribution in [0.4, 0.5) is 4.79 Å². The van der Waals surface area contributed by atoms with E-state index in [4.69, 9.17) is 9.47 Å². The van der Waals surface area contributed by atoms with Crippen LogP contribution in [0.3, 0.4) is 0 Å². The lowest BCUT2D eigenvalue weighted by molar-refractivity contribution is -0.148. The van der Waals surface area contributed by atoms with Crippen molar-refractivity contribution in [3.05, 3.63) is 35.4 Å². The minimum Gasteiger partial charge on any atom is -0.466 e. The van der Waals surface area contributed by atoms with Gasteiger partial charge in [-0.05, 0) is 61.0 Å². The zero-order valence-corrected chi connectivity index (χ0v) is 23.5. The van der Waals surface area contributed by atoms with Crippen molar-refractivity contribution in [1.82, 2.24) is 15.5 Å². The number of carbonyl (C=O) groups excluding carboxylic acids is 4. The highest BCUT2D eigenvalue weighted by atomic mass is 32.1. The van der Waals surface area contributed by atoms with Crippen LogP contribution in [0.25, 0.3) is 0 Å². The van der Waals surface area contributed by atoms with Crippen molar-refractivity contribution in [2.75, 3.05) is 18.9 Å². The van der Waals surface area contributed by atoms with Crippen LogP contribution in [-0.2, 0) is 23.9 Å². The molecule has 0 fully saturated rings. The average Bonchev–Trinajstić information content (AvgIpc) is 2.73. The summed E-state index contributed by atoms with van der Waals surface area (Å²) in [4.78, 5) is 53.0. The molecule has 0 saturated carbocycles. The van der Waals surface area contributed by atoms with E-state index in [9.17, 15) is 19.2 Å². The van der Waals surface area contributed by atoms with E-state index in [-0.39, 0.29) is 25.3 Å². The number of nitrogens with one attached hydrogen (secondary N) is 2. The van der Waals surface area contributed by atoms with E-state index in [1.165, 1.54) is 4.90 Å². The summed E-state index contributed by atoms with van der Waals surface area (Å²) in [5, 5.41) is 5.34. The van der Waals surface area contributed by atoms with Gasteiger partial charge in [0.25, 0.3) is 0 Å². The normalized spacial score (nSPS) is 13.2. The first-order valence-electron chi connectivity index (χ1n) is 12.0. The number of benzene rings is 1. The van der Waals surface area contributed by atoms with Crippen molar-refractivity contribution >= 4 is 36.5 Å². The first kappa shape index (κ1) is 31.3. The van der Waals surface area contributed by atoms with Crippen molar-refractivity contribution < 1.29 is 28.7 Å². The van der Waals surface area contributed by atoms with Crippen molar-refractivity contribution in [1.29, 1.82) is 0 Å². The van der Waals surface area contributed by atoms with Crippen LogP contribution >= 0.6 is 12.6 Å². The van der Waals surface area contributed by atoms with E-state index in [0.717, 1.165) is 5.56 Å². The second-order valence-electron chi connectivity index (χ2n) is 10.4. The van der Waals surface area contributed by atoms with E-state index in [1.807, 2.05) is 45.9 Å². The van der Waals surface area contributed by atoms with Crippen LogP contribution in [0.1, 0.15) is 72.1 Å². The quantitative estimate of drug-likeness (QED) is 0.319. The number of carbonyl (C=O) groups is 4. The molecular formula is C26H41N3O6S. The largest absolute Gasteiger partial charge is 0.466 e. The Morgan fingerprint density at radius 2 is 1.72 bits per heavy atom. The Hall–Kier alpha value is -2.75. The smallest absolute Gasteiger partial charge is 0.408 e. The molecule has 2 unspecified atom stereocenters. The first-order chi connectivity index (χ1) is 16.6. The molecule has 0 saturated heterocycles. The molecule has 1 aromatic rings. The maximum absolute atomic E-state index is 13.8. The highest BCUT2D eigenvalue weighted by Gasteiger charge is 2.41. The van der Waals surface area contributed by atoms with E-state index in [1.54, 1.807) is 33.8 Å². The van der Waals surface area contributed by atoms with Crippen LogP contribution in [0, 0.1) is 6.92 Å². The number of amides is 3. The van der Waals surface area contributed by atoms with Crippen LogP contribution < -0.4 is 10.6 Å². The third-order valence-corrected chi connectivity index (χ3v) is 5.30. The van der Waals surface area contributed by atoms with Crippen LogP contribution in [-0.4, -0.2) is 64.9 Å². The number of rotatable bonds is 10. The Balaban J connectivity index is 3.37. The molecule has 2 N–H and O–H groups in total. The number of thiol groups is 1. The minimum absolute atomic E-state index is 0.00302. The van der Waals surface area contributed by atoms with E-state index in [2.05, 4.69) is 23.3 Å². The number of aryl methyl sites for hydroxylation is 1. The summed E-state index contributed by atoms with van der Waals surface area (Å²) in [6, 6.07) is 5.24. The molecule has 0 spiro atoms. The Morgan fingerprint density at radius 3 is 2.22 bits per heavy atom. The molecule has 36 heavy (non-hydrogen) atoms. The third kappa shape index (κ3) is 10.1. The Morgan fingerprint density at radius 1 is 1.08 bits per heavy atom. The SMILES string of the molecule is CCOC(=O)CCNC(=O)C(c1cccc(C)c1)N(C(=O)C(CS)NC(=O)OC(C)(C)C)C(C)(C)C. The van der Waals surface area contributed by atoms with E-state index in [0.29, 0.717) is 5.56 Å². The van der Waals surface area contributed by atoms with Crippen molar-refractivity contribution in [2.45, 2.75) is 85.0 Å². The first-order valence-corrected chi connectivity index (χ1v) is 12.7. The summed E-state index contributed by atoms with van der Waals surface area (Å²) in [7, 11) is 0. The zero-order valence-electron chi connectivity index (χ0n) is 22.6. The summed E-state index contributed by atoms with van der Waals surface area (Å²) in [6.07, 6.45) is -0.752. The highest BCUT2D eigenvalue weighted by Crippen LogP contribution is 2.30. The third-order valence-electron chi connectivity index (χ3n) is 4.93. The number of alkyl carbamates (subject to hydrolysis) is 1. The molecule has 0 aliphatic heterocycles. The summed E-state index contributed by atoms with van der Waals surface area (Å²) in [5.74, 6) is -1.38. The number of nitrogens with zero attached hydrogens (tertiary/aromatic N) is 1. The fourth-order valence-corrected chi connectivity index (χ4v) is 3.77. The highest BCUT2D eigenvalue weighted by molar-refractivity contribution is 7.80. The summed E-state index contributed by atoms with van der Waals surface area (Å²) in [5.41, 5.74) is -0.0559. The van der Waals surface area contributed by atoms with Crippen molar-refractivity contribution in [3.63, 3.8) is 0 Å². The van der Waals surface area contributed by atoms with Gasteiger partial charge in [0, 0.05) is 17.8 Å². The topological polar surface area (TPSA) is 114 Å². The Bertz CT molecular complexity index is 923. The summed E-state index contributed by atoms with van der Waals surface area (Å²) >= 11 is 4.28. The van der Waals surface area contributed by atoms with Gasteiger partial charge in [-0.25, -0.2) is 4.79 Å². The maximum atomic E-state index is 13.8. The zero-order chi connectivity index (χ0) is 27.7. The molecule has 0 aromatic heterocycles. The lowest BCUT2D eigenvalue weighted by Crippen LogP contribution is -2.59. The molecule has 0 bridgehead atoms. The number of hydrogen-bond donors (Lipinski definition) is 3. The van der Waals surface area contributed by atoms with Gasteiger partial charge in [0.15, 0.2) is 0 Å². The lowest BCUT2D eigenvalue weighted by atomic mass is 9.94. The lowest BCUT2D eigenvalue weighted by Gasteiger charge is -2.43. The molecule has 10 heteroatoms. The van der Waals surface area contributed by atoms with E-state index < -0.39 is 47.1 Å². The maximum Gasteiger partial charge on any atom is 0.408 e. The standard InChI is InChI=1S/C26H41N3O6S/c1-9-34-20(30)13-14-27-22(31)21(18-12-10-11-17(2)15-18)29(25(3,4)5)23(32)19(16-36)28-24(33)35-26(6,7)8/h10-12,15,19,21,36H,9,13-14,16H2,1-8H3,(H,27,31)(H,28,33). The van der Waals surface area contributed by atoms with Gasteiger partial charge < -0.3 is 25.0 Å². The summed E-state index contributed by atoms with van der Waals surface area (Å²) < 4.78 is 10.2. The number of ether oxygens (including phenoxy) is 2. The average molecular weight is 524 g/mol. The van der Waals surface area contributed by atoms with Gasteiger partial charge in [-0.1, -0.05) is 29.8 Å². The van der Waals surface area contributed by atoms with Gasteiger partial charge in [0.1, 0.15) is 17.7 Å². The predicted octanol–water partition coefficient (Wildman–Crippen LogP) is 3.56. The minimum atomic E-state index is -1.04. The van der Waals surface area contributed by atoms with Gasteiger partial charge in [0.05, 0.1) is 13.0 Å². The molecule has 3 amide bonds. The van der Waals surface area contributed by atoms with Gasteiger partial charge in [-0.15, -0.1) is 0 Å². The molecule has 0 aliphatic carbocycles. The van der Waals surface area contributed by atoms with Crippen LogP contribution in [0.5, 0.6) is 0 Å². The molecule has 2 atom stereocenters. The molecule has 1 rings (SSSR count). The molecule has 0 aliphatic rings. The van der Waals surface area contributed by atoms with Gasteiger partial charge in [-0.2, -0.15) is 12.6 Å². The fourth-order valence-electron chi connectivity index (χ4n) is 3.52. The molecule has 0 radical (unpaired) electrons. The van der Waals surface area contributed by atoms with Crippen molar-refractivity contribution in [2.24, 2.45) is 0 Å². The van der Waals surface area contributed by atoms with E-state index >= 15 is 0 Å². The van der Waals surface area contributed by atoms with Crippen molar-refractivity contribution in [3.8, 4) is 0 Å². The Kier molecular flexibility index (Phi) is 11.8. The molecule has 0 heterocycles. The molecular weight excluding hydrogens is 482 g/mol. The fraction of sp³-hybridized carbons (Fsp3) is 0.615. The second-order valence-corrected chi connectivity index (χ2v) is 10.8.